The zero-order chi connectivity index (χ0) is 13.8. The number of nitriles is 1. The number of thiazole rings is 1. The number of aromatic nitrogens is 1. The highest BCUT2D eigenvalue weighted by Crippen LogP contribution is 2.25. The van der Waals surface area contributed by atoms with E-state index in [1.807, 2.05) is 37.4 Å². The molecule has 1 aromatic carbocycles. The summed E-state index contributed by atoms with van der Waals surface area (Å²) in [6.45, 7) is 3.96. The number of Topliss-reactive ketones (excluding diaryl/α,β-unsaturated/α-hetero) is 1. The van der Waals surface area contributed by atoms with Gasteiger partial charge in [0.05, 0.1) is 16.8 Å². The topological polar surface area (TPSA) is 53.8 Å². The van der Waals surface area contributed by atoms with Crippen molar-refractivity contribution < 1.29 is 4.79 Å². The quantitative estimate of drug-likeness (QED) is 0.488. The van der Waals surface area contributed by atoms with Crippen molar-refractivity contribution in [3.05, 3.63) is 46.1 Å². The lowest BCUT2D eigenvalue weighted by molar-refractivity contribution is 0.0992. The van der Waals surface area contributed by atoms with Crippen molar-refractivity contribution in [2.75, 3.05) is 0 Å². The van der Waals surface area contributed by atoms with Crippen LogP contribution in [0.2, 0.25) is 0 Å². The van der Waals surface area contributed by atoms with E-state index >= 15 is 0 Å². The number of ketones is 1. The average molecular weight is 288 g/mol. The van der Waals surface area contributed by atoms with E-state index in [9.17, 15) is 4.79 Å². The number of nitrogens with zero attached hydrogens (tertiary/aromatic N) is 2. The Balaban J connectivity index is 2.14. The SMILES string of the molecule is Cc1cc(C)cc(C(=O)Cc2ncc(SC#N)s2)c1. The molecule has 0 amide bonds. The molecule has 0 unspecified atom stereocenters. The minimum absolute atomic E-state index is 0.0645. The van der Waals surface area contributed by atoms with Crippen LogP contribution in [0.15, 0.2) is 28.6 Å². The van der Waals surface area contributed by atoms with Gasteiger partial charge in [-0.15, -0.1) is 11.3 Å². The highest BCUT2D eigenvalue weighted by Gasteiger charge is 2.11. The van der Waals surface area contributed by atoms with Crippen LogP contribution in [0, 0.1) is 24.5 Å². The summed E-state index contributed by atoms with van der Waals surface area (Å²) in [5, 5.41) is 11.3. The van der Waals surface area contributed by atoms with Crippen molar-refractivity contribution >= 4 is 28.9 Å². The van der Waals surface area contributed by atoms with Gasteiger partial charge in [0, 0.05) is 17.3 Å². The third kappa shape index (κ3) is 3.66. The fraction of sp³-hybridized carbons (Fsp3) is 0.214. The third-order valence-electron chi connectivity index (χ3n) is 2.53. The second kappa shape index (κ2) is 6.00. The van der Waals surface area contributed by atoms with Crippen LogP contribution >= 0.6 is 23.1 Å². The van der Waals surface area contributed by atoms with Gasteiger partial charge >= 0.3 is 0 Å². The van der Waals surface area contributed by atoms with E-state index in [1.54, 1.807) is 6.20 Å². The maximum atomic E-state index is 12.2. The molecule has 5 heteroatoms. The summed E-state index contributed by atoms with van der Waals surface area (Å²) in [7, 11) is 0. The van der Waals surface area contributed by atoms with E-state index < -0.39 is 0 Å². The van der Waals surface area contributed by atoms with Crippen LogP contribution in [-0.4, -0.2) is 10.8 Å². The molecular weight excluding hydrogens is 276 g/mol. The first-order chi connectivity index (χ1) is 9.08. The molecule has 2 rings (SSSR count). The molecule has 0 bridgehead atoms. The summed E-state index contributed by atoms with van der Waals surface area (Å²) >= 11 is 2.47. The highest BCUT2D eigenvalue weighted by atomic mass is 32.2. The Hall–Kier alpha value is -1.64. The standard InChI is InChI=1S/C14H12N2OS2/c1-9-3-10(2)5-11(4-9)12(17)6-13-16-7-14(19-13)18-8-15/h3-5,7H,6H2,1-2H3. The monoisotopic (exact) mass is 288 g/mol. The van der Waals surface area contributed by atoms with E-state index in [1.165, 1.54) is 11.3 Å². The van der Waals surface area contributed by atoms with Crippen molar-refractivity contribution in [2.45, 2.75) is 24.5 Å². The zero-order valence-electron chi connectivity index (χ0n) is 10.6. The van der Waals surface area contributed by atoms with Crippen LogP contribution in [0.1, 0.15) is 26.5 Å². The van der Waals surface area contributed by atoms with Gasteiger partial charge in [-0.1, -0.05) is 17.2 Å². The number of aryl methyl sites for hydroxylation is 2. The van der Waals surface area contributed by atoms with Gasteiger partial charge in [-0.05, 0) is 26.0 Å². The third-order valence-corrected chi connectivity index (χ3v) is 4.22. The van der Waals surface area contributed by atoms with Crippen LogP contribution in [0.25, 0.3) is 0 Å². The second-order valence-corrected chi connectivity index (χ2v) is 6.44. The van der Waals surface area contributed by atoms with E-state index in [-0.39, 0.29) is 5.78 Å². The predicted molar refractivity (Wildman–Crippen MR) is 77.5 cm³/mol. The summed E-state index contributed by atoms with van der Waals surface area (Å²) in [6.07, 6.45) is 1.93. The van der Waals surface area contributed by atoms with Gasteiger partial charge in [-0.25, -0.2) is 4.98 Å². The van der Waals surface area contributed by atoms with E-state index in [4.69, 9.17) is 5.26 Å². The van der Waals surface area contributed by atoms with Gasteiger partial charge in [0.2, 0.25) is 0 Å². The Bertz CT molecular complexity index is 635. The van der Waals surface area contributed by atoms with Gasteiger partial charge in [-0.2, -0.15) is 5.26 Å². The van der Waals surface area contributed by atoms with E-state index in [2.05, 4.69) is 4.98 Å². The van der Waals surface area contributed by atoms with Crippen molar-refractivity contribution in [1.82, 2.24) is 4.98 Å². The second-order valence-electron chi connectivity index (χ2n) is 4.24. The predicted octanol–water partition coefficient (Wildman–Crippen LogP) is 3.76. The Kier molecular flexibility index (Phi) is 4.35. The first kappa shape index (κ1) is 13.8. The number of hydrogen-bond donors (Lipinski definition) is 0. The molecule has 0 fully saturated rings. The molecule has 19 heavy (non-hydrogen) atoms. The van der Waals surface area contributed by atoms with Gasteiger partial charge in [0.1, 0.15) is 10.4 Å². The smallest absolute Gasteiger partial charge is 0.169 e. The van der Waals surface area contributed by atoms with Gasteiger partial charge in [0.15, 0.2) is 5.78 Å². The summed E-state index contributed by atoms with van der Waals surface area (Å²) in [5.41, 5.74) is 2.90. The van der Waals surface area contributed by atoms with Crippen molar-refractivity contribution in [1.29, 1.82) is 5.26 Å². The Morgan fingerprint density at radius 2 is 2.05 bits per heavy atom. The molecule has 0 radical (unpaired) electrons. The van der Waals surface area contributed by atoms with Gasteiger partial charge < -0.3 is 0 Å². The molecule has 96 valence electrons. The number of carbonyl (C=O) groups is 1. The molecule has 0 aliphatic heterocycles. The molecule has 1 heterocycles. The molecule has 0 saturated heterocycles. The first-order valence-electron chi connectivity index (χ1n) is 5.70. The largest absolute Gasteiger partial charge is 0.294 e. The Morgan fingerprint density at radius 3 is 2.68 bits per heavy atom. The maximum absolute atomic E-state index is 12.2. The zero-order valence-corrected chi connectivity index (χ0v) is 12.3. The maximum Gasteiger partial charge on any atom is 0.169 e. The molecule has 2 aromatic rings. The van der Waals surface area contributed by atoms with Crippen molar-refractivity contribution in [2.24, 2.45) is 0 Å². The average Bonchev–Trinajstić information content (AvgIpc) is 2.76. The normalized spacial score (nSPS) is 10.2. The number of hydrogen-bond acceptors (Lipinski definition) is 5. The minimum Gasteiger partial charge on any atom is -0.294 e. The number of benzene rings is 1. The van der Waals surface area contributed by atoms with Crippen LogP contribution < -0.4 is 0 Å². The fourth-order valence-corrected chi connectivity index (χ4v) is 3.25. The lowest BCUT2D eigenvalue weighted by Crippen LogP contribution is -2.04. The van der Waals surface area contributed by atoms with Crippen LogP contribution in [0.4, 0.5) is 0 Å². The van der Waals surface area contributed by atoms with E-state index in [0.717, 1.165) is 37.7 Å². The molecule has 0 spiro atoms. The number of thioether (sulfide) groups is 1. The number of carbonyl (C=O) groups excluding carboxylic acids is 1. The summed E-state index contributed by atoms with van der Waals surface area (Å²) < 4.78 is 0.825. The molecule has 0 saturated carbocycles. The fourth-order valence-electron chi connectivity index (χ4n) is 1.84. The summed E-state index contributed by atoms with van der Waals surface area (Å²) in [5.74, 6) is 0.0645. The number of thiocyanates is 1. The molecule has 0 atom stereocenters. The molecule has 0 aliphatic rings. The van der Waals surface area contributed by atoms with E-state index in [0.29, 0.717) is 6.42 Å². The van der Waals surface area contributed by atoms with Gasteiger partial charge in [0.25, 0.3) is 0 Å². The highest BCUT2D eigenvalue weighted by molar-refractivity contribution is 8.05. The minimum atomic E-state index is 0.0645. The summed E-state index contributed by atoms with van der Waals surface area (Å²) in [6, 6.07) is 5.84. The molecule has 0 aliphatic carbocycles. The Labute approximate surface area is 120 Å². The van der Waals surface area contributed by atoms with Crippen molar-refractivity contribution in [3.8, 4) is 5.40 Å². The lowest BCUT2D eigenvalue weighted by Gasteiger charge is -2.02. The van der Waals surface area contributed by atoms with Crippen LogP contribution in [-0.2, 0) is 6.42 Å². The van der Waals surface area contributed by atoms with Gasteiger partial charge in [-0.3, -0.25) is 4.79 Å². The van der Waals surface area contributed by atoms with Crippen molar-refractivity contribution in [3.63, 3.8) is 0 Å². The lowest BCUT2D eigenvalue weighted by atomic mass is 10.0. The molecular formula is C14H12N2OS2. The molecule has 1 aromatic heterocycles. The number of rotatable bonds is 4. The van der Waals surface area contributed by atoms with Crippen LogP contribution in [0.3, 0.4) is 0 Å². The summed E-state index contributed by atoms with van der Waals surface area (Å²) in [4.78, 5) is 16.4. The first-order valence-corrected chi connectivity index (χ1v) is 7.34. The van der Waals surface area contributed by atoms with Crippen LogP contribution in [0.5, 0.6) is 0 Å². The molecule has 0 N–H and O–H groups in total. The Morgan fingerprint density at radius 1 is 1.37 bits per heavy atom. The molecule has 3 nitrogen and oxygen atoms in total.